The van der Waals surface area contributed by atoms with Crippen LogP contribution in [0.15, 0.2) is 54.6 Å². The van der Waals surface area contributed by atoms with Crippen LogP contribution >= 0.6 is 0 Å². The van der Waals surface area contributed by atoms with Crippen LogP contribution in [0.2, 0.25) is 0 Å². The molecule has 7 nitrogen and oxygen atoms in total. The Morgan fingerprint density at radius 3 is 2.46 bits per heavy atom. The zero-order chi connectivity index (χ0) is 18.5. The first kappa shape index (κ1) is 17.9. The molecule has 7 heteroatoms. The van der Waals surface area contributed by atoms with E-state index in [0.717, 1.165) is 10.5 Å². The van der Waals surface area contributed by atoms with E-state index in [9.17, 15) is 14.7 Å². The van der Waals surface area contributed by atoms with Gasteiger partial charge in [0.15, 0.2) is 0 Å². The van der Waals surface area contributed by atoms with Gasteiger partial charge in [0.25, 0.3) is 0 Å². The molecule has 0 saturated heterocycles. The summed E-state index contributed by atoms with van der Waals surface area (Å²) in [5.74, 6) is -0.315. The summed E-state index contributed by atoms with van der Waals surface area (Å²) in [5.41, 5.74) is 7.95. The summed E-state index contributed by atoms with van der Waals surface area (Å²) in [6.45, 7) is 0.975. The van der Waals surface area contributed by atoms with Gasteiger partial charge in [0.2, 0.25) is 5.91 Å². The van der Waals surface area contributed by atoms with E-state index in [1.54, 1.807) is 24.3 Å². The van der Waals surface area contributed by atoms with Crippen LogP contribution in [0.4, 0.5) is 16.2 Å². The van der Waals surface area contributed by atoms with Gasteiger partial charge in [-0.2, -0.15) is 0 Å². The highest BCUT2D eigenvalue weighted by Gasteiger charge is 2.33. The Hall–Kier alpha value is -2.90. The Morgan fingerprint density at radius 1 is 1.12 bits per heavy atom. The summed E-state index contributed by atoms with van der Waals surface area (Å²) in [6, 6.07) is 15.7. The molecule has 1 aliphatic heterocycles. The molecule has 0 aromatic heterocycles. The first-order chi connectivity index (χ1) is 12.6. The van der Waals surface area contributed by atoms with Crippen molar-refractivity contribution in [1.29, 1.82) is 0 Å². The molecule has 2 aromatic carbocycles. The van der Waals surface area contributed by atoms with Gasteiger partial charge in [-0.1, -0.05) is 42.5 Å². The molecule has 136 valence electrons. The van der Waals surface area contributed by atoms with Crippen LogP contribution in [0.5, 0.6) is 0 Å². The number of carbonyl (C=O) groups is 2. The number of anilines is 2. The fourth-order valence-corrected chi connectivity index (χ4v) is 2.94. The van der Waals surface area contributed by atoms with Crippen molar-refractivity contribution in [2.24, 2.45) is 5.73 Å². The van der Waals surface area contributed by atoms with Gasteiger partial charge in [0.05, 0.1) is 31.1 Å². The summed E-state index contributed by atoms with van der Waals surface area (Å²) in [5, 5.41) is 9.46. The summed E-state index contributed by atoms with van der Waals surface area (Å²) < 4.78 is 5.67. The number of para-hydroxylation sites is 2. The number of nitrogens with two attached hydrogens (primary N) is 1. The van der Waals surface area contributed by atoms with Crippen LogP contribution in [-0.4, -0.2) is 42.8 Å². The van der Waals surface area contributed by atoms with E-state index in [0.29, 0.717) is 31.1 Å². The molecule has 0 aliphatic carbocycles. The van der Waals surface area contributed by atoms with E-state index in [1.165, 1.54) is 4.90 Å². The van der Waals surface area contributed by atoms with E-state index < -0.39 is 12.1 Å². The lowest BCUT2D eigenvalue weighted by molar-refractivity contribution is -0.119. The fraction of sp³-hybridized carbons (Fsp3) is 0.263. The number of hydrogen-bond acceptors (Lipinski definition) is 4. The molecule has 3 rings (SSSR count). The molecule has 0 saturated carbocycles. The Balaban J connectivity index is 1.74. The van der Waals surface area contributed by atoms with Gasteiger partial charge in [-0.05, 0) is 17.7 Å². The maximum Gasteiger partial charge on any atom is 0.411 e. The second-order valence-electron chi connectivity index (χ2n) is 6.02. The number of hydrogen-bond donors (Lipinski definition) is 2. The van der Waals surface area contributed by atoms with E-state index in [4.69, 9.17) is 10.5 Å². The average molecular weight is 355 g/mol. The second-order valence-corrected chi connectivity index (χ2v) is 6.02. The lowest BCUT2D eigenvalue weighted by Gasteiger charge is -2.24. The van der Waals surface area contributed by atoms with Crippen molar-refractivity contribution in [3.8, 4) is 0 Å². The van der Waals surface area contributed by atoms with Crippen molar-refractivity contribution in [2.45, 2.75) is 12.6 Å². The number of fused-ring (bicyclic) bond motifs is 1. The normalized spacial score (nSPS) is 17.0. The van der Waals surface area contributed by atoms with Crippen LogP contribution in [0.1, 0.15) is 5.56 Å². The number of benzene rings is 2. The lowest BCUT2D eigenvalue weighted by Crippen LogP contribution is -2.48. The molecule has 1 atom stereocenters. The molecule has 26 heavy (non-hydrogen) atoms. The summed E-state index contributed by atoms with van der Waals surface area (Å²) in [4.78, 5) is 26.8. The van der Waals surface area contributed by atoms with E-state index in [2.05, 4.69) is 0 Å². The first-order valence-electron chi connectivity index (χ1n) is 8.36. The maximum atomic E-state index is 12.7. The van der Waals surface area contributed by atoms with Crippen molar-refractivity contribution in [2.75, 3.05) is 29.5 Å². The summed E-state index contributed by atoms with van der Waals surface area (Å²) in [7, 11) is 0. The van der Waals surface area contributed by atoms with Crippen molar-refractivity contribution in [3.63, 3.8) is 0 Å². The molecule has 1 aliphatic rings. The predicted octanol–water partition coefficient (Wildman–Crippen LogP) is 2.06. The van der Waals surface area contributed by atoms with E-state index in [-0.39, 0.29) is 12.5 Å². The number of carbonyl (C=O) groups excluding carboxylic acids is 1. The smallest absolute Gasteiger partial charge is 0.411 e. The van der Waals surface area contributed by atoms with Crippen molar-refractivity contribution in [1.82, 2.24) is 0 Å². The molecular formula is C19H21N3O4. The molecular weight excluding hydrogens is 334 g/mol. The number of rotatable bonds is 5. The summed E-state index contributed by atoms with van der Waals surface area (Å²) >= 11 is 0. The van der Waals surface area contributed by atoms with Gasteiger partial charge in [-0.3, -0.25) is 9.69 Å². The molecule has 0 unspecified atom stereocenters. The molecule has 1 heterocycles. The molecule has 0 bridgehead atoms. The maximum absolute atomic E-state index is 12.7. The van der Waals surface area contributed by atoms with Crippen molar-refractivity contribution in [3.05, 3.63) is 60.2 Å². The van der Waals surface area contributed by atoms with Gasteiger partial charge in [0, 0.05) is 6.54 Å². The fourth-order valence-electron chi connectivity index (χ4n) is 2.94. The highest BCUT2D eigenvalue weighted by molar-refractivity contribution is 6.05. The number of amides is 2. The Labute approximate surface area is 151 Å². The third-order valence-electron chi connectivity index (χ3n) is 4.23. The minimum absolute atomic E-state index is 0.0768. The highest BCUT2D eigenvalue weighted by atomic mass is 16.5. The van der Waals surface area contributed by atoms with Crippen LogP contribution in [0.3, 0.4) is 0 Å². The molecule has 2 amide bonds. The minimum Gasteiger partial charge on any atom is -0.465 e. The Morgan fingerprint density at radius 2 is 1.77 bits per heavy atom. The SMILES string of the molecule is N[C@H]1CN(C(=O)O)c2ccccc2N(CCOCc2ccccc2)C1=O. The van der Waals surface area contributed by atoms with Gasteiger partial charge >= 0.3 is 6.09 Å². The zero-order valence-corrected chi connectivity index (χ0v) is 14.2. The van der Waals surface area contributed by atoms with E-state index >= 15 is 0 Å². The van der Waals surface area contributed by atoms with Gasteiger partial charge in [-0.25, -0.2) is 4.79 Å². The van der Waals surface area contributed by atoms with Crippen LogP contribution < -0.4 is 15.5 Å². The van der Waals surface area contributed by atoms with E-state index in [1.807, 2.05) is 30.3 Å². The first-order valence-corrected chi connectivity index (χ1v) is 8.36. The van der Waals surface area contributed by atoms with Crippen molar-refractivity contribution >= 4 is 23.4 Å². The molecule has 3 N–H and O–H groups in total. The number of nitrogens with zero attached hydrogens (tertiary/aromatic N) is 2. The lowest BCUT2D eigenvalue weighted by atomic mass is 10.2. The van der Waals surface area contributed by atoms with Gasteiger partial charge in [0.1, 0.15) is 6.04 Å². The van der Waals surface area contributed by atoms with Crippen LogP contribution in [0.25, 0.3) is 0 Å². The van der Waals surface area contributed by atoms with Gasteiger partial charge in [-0.15, -0.1) is 0 Å². The number of ether oxygens (including phenoxy) is 1. The standard InChI is InChI=1S/C19H21N3O4/c20-15-12-22(19(24)25)17-9-5-4-8-16(17)21(18(15)23)10-11-26-13-14-6-2-1-3-7-14/h1-9,15H,10-13,20H2,(H,24,25)/t15-/m0/s1. The Bertz CT molecular complexity index is 781. The third-order valence-corrected chi connectivity index (χ3v) is 4.23. The Kier molecular flexibility index (Phi) is 5.50. The monoisotopic (exact) mass is 355 g/mol. The predicted molar refractivity (Wildman–Crippen MR) is 98.2 cm³/mol. The number of carboxylic acid groups (broad SMARTS) is 1. The second kappa shape index (κ2) is 7.99. The molecule has 2 aromatic rings. The van der Waals surface area contributed by atoms with Crippen LogP contribution in [0, 0.1) is 0 Å². The highest BCUT2D eigenvalue weighted by Crippen LogP contribution is 2.32. The van der Waals surface area contributed by atoms with Gasteiger partial charge < -0.3 is 20.5 Å². The summed E-state index contributed by atoms with van der Waals surface area (Å²) in [6.07, 6.45) is -1.14. The van der Waals surface area contributed by atoms with Crippen LogP contribution in [-0.2, 0) is 16.1 Å². The molecule has 0 fully saturated rings. The largest absolute Gasteiger partial charge is 0.465 e. The average Bonchev–Trinajstić information content (AvgIpc) is 2.76. The topological polar surface area (TPSA) is 96.1 Å². The molecule has 0 radical (unpaired) electrons. The van der Waals surface area contributed by atoms with Crippen molar-refractivity contribution < 1.29 is 19.4 Å². The minimum atomic E-state index is -1.14. The zero-order valence-electron chi connectivity index (χ0n) is 14.2. The molecule has 0 spiro atoms. The third kappa shape index (κ3) is 3.84. The quantitative estimate of drug-likeness (QED) is 0.801.